The third-order valence-corrected chi connectivity index (χ3v) is 7.17. The predicted molar refractivity (Wildman–Crippen MR) is 83.6 cm³/mol. The van der Waals surface area contributed by atoms with Crippen molar-refractivity contribution in [2.45, 2.75) is 65.0 Å². The third-order valence-electron chi connectivity index (χ3n) is 2.90. The Hall–Kier alpha value is -0.466. The lowest BCUT2D eigenvalue weighted by Crippen LogP contribution is -2.33. The van der Waals surface area contributed by atoms with E-state index in [2.05, 4.69) is 45.2 Å². The topological polar surface area (TPSA) is 20.2 Å². The van der Waals surface area contributed by atoms with E-state index in [-0.39, 0.29) is 0 Å². The van der Waals surface area contributed by atoms with Crippen LogP contribution in [0, 0.1) is 12.3 Å². The smallest absolute Gasteiger partial charge is 0.121 e. The van der Waals surface area contributed by atoms with Crippen molar-refractivity contribution in [1.82, 2.24) is 0 Å². The molecule has 0 bridgehead atoms. The number of allylic oxidation sites excluding steroid dienone is 1. The second-order valence-corrected chi connectivity index (χ2v) is 16.8. The van der Waals surface area contributed by atoms with Crippen LogP contribution in [0.15, 0.2) is 10.6 Å². The summed E-state index contributed by atoms with van der Waals surface area (Å²) in [6.07, 6.45) is 9.34. The highest BCUT2D eigenvalue weighted by molar-refractivity contribution is 6.88. The SMILES string of the molecule is C#CCCCC/C(=C(\O)[Si](C)(C)C)[Si](C)(C)C. The predicted octanol–water partition coefficient (Wildman–Crippen LogP) is 4.75. The van der Waals surface area contributed by atoms with E-state index >= 15 is 0 Å². The van der Waals surface area contributed by atoms with Gasteiger partial charge in [0, 0.05) is 6.42 Å². The molecular weight excluding hydrogens is 240 g/mol. The summed E-state index contributed by atoms with van der Waals surface area (Å²) in [5.74, 6) is 2.68. The van der Waals surface area contributed by atoms with E-state index in [1.807, 2.05) is 0 Å². The first-order chi connectivity index (χ1) is 7.60. The summed E-state index contributed by atoms with van der Waals surface area (Å²) in [5.41, 5.74) is 0. The summed E-state index contributed by atoms with van der Waals surface area (Å²) < 4.78 is 0. The average Bonchev–Trinajstić information content (AvgIpc) is 2.13. The van der Waals surface area contributed by atoms with E-state index in [1.165, 1.54) is 5.20 Å². The van der Waals surface area contributed by atoms with Gasteiger partial charge in [0.2, 0.25) is 0 Å². The first-order valence-electron chi connectivity index (χ1n) is 6.47. The number of aliphatic hydroxyl groups excluding tert-OH is 1. The van der Waals surface area contributed by atoms with E-state index < -0.39 is 16.1 Å². The van der Waals surface area contributed by atoms with Crippen molar-refractivity contribution < 1.29 is 5.11 Å². The highest BCUT2D eigenvalue weighted by atomic mass is 28.3. The highest BCUT2D eigenvalue weighted by Crippen LogP contribution is 2.28. The minimum Gasteiger partial charge on any atom is -0.518 e. The fourth-order valence-corrected chi connectivity index (χ4v) is 6.75. The van der Waals surface area contributed by atoms with E-state index in [4.69, 9.17) is 6.42 Å². The molecular formula is C14H28OSi2. The summed E-state index contributed by atoms with van der Waals surface area (Å²) in [6, 6.07) is 0. The largest absolute Gasteiger partial charge is 0.518 e. The molecule has 0 saturated carbocycles. The Morgan fingerprint density at radius 1 is 1.00 bits per heavy atom. The normalized spacial score (nSPS) is 14.2. The van der Waals surface area contributed by atoms with Gasteiger partial charge in [0.05, 0.1) is 13.5 Å². The minimum atomic E-state index is -1.57. The Labute approximate surface area is 109 Å². The van der Waals surface area contributed by atoms with Crippen LogP contribution >= 0.6 is 0 Å². The molecule has 0 fully saturated rings. The molecule has 0 rings (SSSR count). The van der Waals surface area contributed by atoms with Crippen LogP contribution < -0.4 is 0 Å². The Balaban J connectivity index is 4.87. The van der Waals surface area contributed by atoms with Crippen LogP contribution in [-0.2, 0) is 0 Å². The summed E-state index contributed by atoms with van der Waals surface area (Å²) in [4.78, 5) is 0. The van der Waals surface area contributed by atoms with E-state index in [0.717, 1.165) is 31.1 Å². The average molecular weight is 269 g/mol. The zero-order valence-corrected chi connectivity index (χ0v) is 14.4. The second-order valence-electron chi connectivity index (χ2n) is 6.74. The first-order valence-corrected chi connectivity index (χ1v) is 13.5. The number of unbranched alkanes of at least 4 members (excludes halogenated alkanes) is 2. The van der Waals surface area contributed by atoms with Crippen molar-refractivity contribution in [3.63, 3.8) is 0 Å². The number of aliphatic hydroxyl groups is 1. The highest BCUT2D eigenvalue weighted by Gasteiger charge is 2.29. The fourth-order valence-electron chi connectivity index (χ4n) is 1.83. The van der Waals surface area contributed by atoms with Gasteiger partial charge in [0.1, 0.15) is 8.07 Å². The molecule has 0 aliphatic rings. The quantitative estimate of drug-likeness (QED) is 0.319. The Morgan fingerprint density at radius 2 is 1.53 bits per heavy atom. The van der Waals surface area contributed by atoms with E-state index in [1.54, 1.807) is 0 Å². The standard InChI is InChI=1S/C14H28OSi2/c1-8-9-10-11-12-13(16(2,3)4)14(15)17(5,6)7/h1,15H,9-12H2,2-7H3/b14-13-. The molecule has 0 amide bonds. The summed E-state index contributed by atoms with van der Waals surface area (Å²) >= 11 is 0. The molecule has 0 heterocycles. The maximum absolute atomic E-state index is 10.5. The van der Waals surface area contributed by atoms with Crippen LogP contribution in [0.1, 0.15) is 25.7 Å². The van der Waals surface area contributed by atoms with Crippen molar-refractivity contribution >= 4 is 16.1 Å². The molecule has 17 heavy (non-hydrogen) atoms. The van der Waals surface area contributed by atoms with Gasteiger partial charge in [0.15, 0.2) is 0 Å². The fraction of sp³-hybridized carbons (Fsp3) is 0.714. The Morgan fingerprint density at radius 3 is 1.88 bits per heavy atom. The van der Waals surface area contributed by atoms with Gasteiger partial charge >= 0.3 is 0 Å². The molecule has 0 aromatic heterocycles. The molecule has 0 aliphatic heterocycles. The second kappa shape index (κ2) is 6.46. The van der Waals surface area contributed by atoms with Gasteiger partial charge in [-0.1, -0.05) is 39.3 Å². The maximum atomic E-state index is 10.5. The van der Waals surface area contributed by atoms with Gasteiger partial charge in [-0.25, -0.2) is 0 Å². The molecule has 0 radical (unpaired) electrons. The molecule has 0 aliphatic carbocycles. The van der Waals surface area contributed by atoms with Gasteiger partial charge < -0.3 is 5.11 Å². The van der Waals surface area contributed by atoms with Crippen molar-refractivity contribution in [3.8, 4) is 12.3 Å². The Kier molecular flexibility index (Phi) is 6.28. The lowest BCUT2D eigenvalue weighted by Gasteiger charge is -2.28. The van der Waals surface area contributed by atoms with Crippen LogP contribution in [0.4, 0.5) is 0 Å². The molecule has 1 N–H and O–H groups in total. The molecule has 0 unspecified atom stereocenters. The molecule has 0 aromatic carbocycles. The van der Waals surface area contributed by atoms with Crippen molar-refractivity contribution in [2.75, 3.05) is 0 Å². The van der Waals surface area contributed by atoms with Gasteiger partial charge in [0.25, 0.3) is 0 Å². The van der Waals surface area contributed by atoms with Crippen LogP contribution in [0.25, 0.3) is 0 Å². The lowest BCUT2D eigenvalue weighted by molar-refractivity contribution is 0.437. The zero-order valence-electron chi connectivity index (χ0n) is 12.4. The number of hydrogen-bond acceptors (Lipinski definition) is 1. The first kappa shape index (κ1) is 16.5. The number of terminal acetylenes is 1. The van der Waals surface area contributed by atoms with E-state index in [9.17, 15) is 5.11 Å². The van der Waals surface area contributed by atoms with Gasteiger partial charge in [-0.15, -0.1) is 12.3 Å². The summed E-state index contributed by atoms with van der Waals surface area (Å²) in [6.45, 7) is 13.6. The molecule has 0 atom stereocenters. The lowest BCUT2D eigenvalue weighted by atomic mass is 10.2. The van der Waals surface area contributed by atoms with Gasteiger partial charge in [-0.2, -0.15) is 0 Å². The van der Waals surface area contributed by atoms with Crippen molar-refractivity contribution in [1.29, 1.82) is 0 Å². The third kappa shape index (κ3) is 6.14. The molecule has 98 valence electrons. The van der Waals surface area contributed by atoms with Crippen LogP contribution in [-0.4, -0.2) is 21.3 Å². The number of rotatable bonds is 6. The molecule has 0 aromatic rings. The Bertz CT molecular complexity index is 311. The number of hydrogen-bond donors (Lipinski definition) is 1. The van der Waals surface area contributed by atoms with Crippen LogP contribution in [0.5, 0.6) is 0 Å². The summed E-state index contributed by atoms with van der Waals surface area (Å²) in [5, 5.41) is 12.6. The molecule has 1 nitrogen and oxygen atoms in total. The molecule has 3 heteroatoms. The van der Waals surface area contributed by atoms with Crippen LogP contribution in [0.2, 0.25) is 39.3 Å². The maximum Gasteiger partial charge on any atom is 0.121 e. The van der Waals surface area contributed by atoms with Crippen molar-refractivity contribution in [3.05, 3.63) is 10.6 Å². The monoisotopic (exact) mass is 268 g/mol. The van der Waals surface area contributed by atoms with E-state index in [0.29, 0.717) is 0 Å². The minimum absolute atomic E-state index is 0.748. The summed E-state index contributed by atoms with van der Waals surface area (Å²) in [7, 11) is -2.98. The van der Waals surface area contributed by atoms with Crippen LogP contribution in [0.3, 0.4) is 0 Å². The van der Waals surface area contributed by atoms with Gasteiger partial charge in [-0.05, 0) is 24.5 Å². The van der Waals surface area contributed by atoms with Gasteiger partial charge in [-0.3, -0.25) is 0 Å². The zero-order chi connectivity index (χ0) is 13.7. The molecule has 0 spiro atoms. The van der Waals surface area contributed by atoms with Crippen molar-refractivity contribution in [2.24, 2.45) is 0 Å². The molecule has 0 saturated heterocycles.